The molecule has 0 aromatic heterocycles. The van der Waals surface area contributed by atoms with E-state index < -0.39 is 17.7 Å². The zero-order chi connectivity index (χ0) is 25.9. The first-order chi connectivity index (χ1) is 17.5. The van der Waals surface area contributed by atoms with Gasteiger partial charge in [-0.25, -0.2) is 0 Å². The van der Waals surface area contributed by atoms with Crippen LogP contribution in [0.25, 0.3) is 0 Å². The third-order valence-corrected chi connectivity index (χ3v) is 7.38. The van der Waals surface area contributed by atoms with Gasteiger partial charge in [0.2, 0.25) is 0 Å². The van der Waals surface area contributed by atoms with Crippen molar-refractivity contribution in [2.75, 3.05) is 39.5 Å². The van der Waals surface area contributed by atoms with Crippen LogP contribution < -0.4 is 0 Å². The van der Waals surface area contributed by atoms with Crippen LogP contribution in [0.4, 0.5) is 0 Å². The SMILES string of the molecule is O=C(O)CCCCCCCCCC1(CCCCCCCCCC(=O)O)OCC(CN2CCOCC2)O1. The minimum Gasteiger partial charge on any atom is -0.481 e. The fraction of sp³-hybridized carbons (Fsp3) is 0.929. The monoisotopic (exact) mass is 513 g/mol. The third kappa shape index (κ3) is 14.5. The van der Waals surface area contributed by atoms with Gasteiger partial charge >= 0.3 is 11.9 Å². The molecule has 0 bridgehead atoms. The summed E-state index contributed by atoms with van der Waals surface area (Å²) in [6, 6.07) is 0. The molecule has 0 aromatic rings. The smallest absolute Gasteiger partial charge is 0.303 e. The van der Waals surface area contributed by atoms with Crippen LogP contribution in [0, 0.1) is 0 Å². The molecule has 2 aliphatic rings. The average Bonchev–Trinajstić information content (AvgIpc) is 3.24. The summed E-state index contributed by atoms with van der Waals surface area (Å²) in [4.78, 5) is 23.6. The maximum absolute atomic E-state index is 10.6. The molecule has 1 unspecified atom stereocenters. The van der Waals surface area contributed by atoms with Crippen molar-refractivity contribution in [3.63, 3.8) is 0 Å². The number of carboxylic acid groups (broad SMARTS) is 2. The highest BCUT2D eigenvalue weighted by molar-refractivity contribution is 5.66. The molecule has 36 heavy (non-hydrogen) atoms. The van der Waals surface area contributed by atoms with Gasteiger partial charge < -0.3 is 24.4 Å². The number of hydrogen-bond donors (Lipinski definition) is 2. The van der Waals surface area contributed by atoms with E-state index in [-0.39, 0.29) is 18.9 Å². The van der Waals surface area contributed by atoms with Gasteiger partial charge in [0.25, 0.3) is 0 Å². The summed E-state index contributed by atoms with van der Waals surface area (Å²) in [6.45, 7) is 5.11. The molecule has 2 fully saturated rings. The summed E-state index contributed by atoms with van der Waals surface area (Å²) < 4.78 is 18.4. The second kappa shape index (κ2) is 18.9. The predicted octanol–water partition coefficient (Wildman–Crippen LogP) is 5.62. The number of hydrogen-bond acceptors (Lipinski definition) is 6. The van der Waals surface area contributed by atoms with Crippen molar-refractivity contribution in [2.24, 2.45) is 0 Å². The molecule has 8 heteroatoms. The highest BCUT2D eigenvalue weighted by Gasteiger charge is 2.41. The third-order valence-electron chi connectivity index (χ3n) is 7.38. The van der Waals surface area contributed by atoms with Crippen LogP contribution in [-0.2, 0) is 23.8 Å². The minimum atomic E-state index is -0.695. The average molecular weight is 514 g/mol. The van der Waals surface area contributed by atoms with Crippen LogP contribution >= 0.6 is 0 Å². The Balaban J connectivity index is 1.64. The van der Waals surface area contributed by atoms with Gasteiger partial charge in [-0.3, -0.25) is 14.5 Å². The first-order valence-corrected chi connectivity index (χ1v) is 14.5. The van der Waals surface area contributed by atoms with E-state index in [9.17, 15) is 9.59 Å². The lowest BCUT2D eigenvalue weighted by Gasteiger charge is -2.31. The van der Waals surface area contributed by atoms with E-state index in [0.29, 0.717) is 6.61 Å². The lowest BCUT2D eigenvalue weighted by atomic mass is 9.98. The maximum atomic E-state index is 10.6. The van der Waals surface area contributed by atoms with Gasteiger partial charge in [-0.2, -0.15) is 0 Å². The first-order valence-electron chi connectivity index (χ1n) is 14.5. The maximum Gasteiger partial charge on any atom is 0.303 e. The summed E-state index contributed by atoms with van der Waals surface area (Å²) in [5.41, 5.74) is 0. The van der Waals surface area contributed by atoms with Crippen LogP contribution in [0.15, 0.2) is 0 Å². The number of ether oxygens (including phenoxy) is 3. The zero-order valence-corrected chi connectivity index (χ0v) is 22.4. The Morgan fingerprint density at radius 2 is 1.14 bits per heavy atom. The predicted molar refractivity (Wildman–Crippen MR) is 139 cm³/mol. The van der Waals surface area contributed by atoms with Crippen molar-refractivity contribution in [3.8, 4) is 0 Å². The normalized spacial score (nSPS) is 20.1. The molecular formula is C28H51NO7. The molecule has 2 heterocycles. The van der Waals surface area contributed by atoms with Gasteiger partial charge in [-0.15, -0.1) is 0 Å². The van der Waals surface area contributed by atoms with Crippen LogP contribution in [0.5, 0.6) is 0 Å². The van der Waals surface area contributed by atoms with Crippen LogP contribution in [0.2, 0.25) is 0 Å². The summed E-state index contributed by atoms with van der Waals surface area (Å²) >= 11 is 0. The minimum absolute atomic E-state index is 0.131. The van der Waals surface area contributed by atoms with E-state index >= 15 is 0 Å². The fourth-order valence-electron chi connectivity index (χ4n) is 5.27. The second-order valence-corrected chi connectivity index (χ2v) is 10.6. The molecule has 0 saturated carbocycles. The zero-order valence-electron chi connectivity index (χ0n) is 22.4. The van der Waals surface area contributed by atoms with Crippen molar-refractivity contribution >= 4 is 11.9 Å². The van der Waals surface area contributed by atoms with Gasteiger partial charge in [-0.1, -0.05) is 64.2 Å². The van der Waals surface area contributed by atoms with Crippen molar-refractivity contribution in [3.05, 3.63) is 0 Å². The topological polar surface area (TPSA) is 106 Å². The van der Waals surface area contributed by atoms with E-state index in [1.54, 1.807) is 0 Å². The molecule has 0 aromatic carbocycles. The second-order valence-electron chi connectivity index (χ2n) is 10.6. The van der Waals surface area contributed by atoms with Gasteiger partial charge in [0.15, 0.2) is 5.79 Å². The largest absolute Gasteiger partial charge is 0.481 e. The Bertz CT molecular complexity index is 562. The van der Waals surface area contributed by atoms with Gasteiger partial charge in [-0.05, 0) is 25.7 Å². The summed E-state index contributed by atoms with van der Waals surface area (Å²) in [6.07, 6.45) is 17.6. The van der Waals surface area contributed by atoms with E-state index in [1.165, 1.54) is 25.7 Å². The van der Waals surface area contributed by atoms with Crippen LogP contribution in [0.3, 0.4) is 0 Å². The molecule has 1 atom stereocenters. The molecule has 210 valence electrons. The number of carboxylic acids is 2. The number of morpholine rings is 1. The van der Waals surface area contributed by atoms with E-state index in [1.807, 2.05) is 0 Å². The quantitative estimate of drug-likeness (QED) is 0.180. The van der Waals surface area contributed by atoms with Gasteiger partial charge in [0, 0.05) is 45.3 Å². The molecule has 0 amide bonds. The highest BCUT2D eigenvalue weighted by atomic mass is 16.7. The lowest BCUT2D eigenvalue weighted by Crippen LogP contribution is -2.42. The molecule has 2 aliphatic heterocycles. The Morgan fingerprint density at radius 1 is 0.694 bits per heavy atom. The summed E-state index contributed by atoms with van der Waals surface area (Å²) in [7, 11) is 0. The molecule has 2 saturated heterocycles. The van der Waals surface area contributed by atoms with Crippen LogP contribution in [-0.4, -0.2) is 78.4 Å². The Morgan fingerprint density at radius 3 is 1.61 bits per heavy atom. The number of nitrogens with zero attached hydrogens (tertiary/aromatic N) is 1. The molecule has 8 nitrogen and oxygen atoms in total. The summed E-state index contributed by atoms with van der Waals surface area (Å²) in [5.74, 6) is -1.83. The highest BCUT2D eigenvalue weighted by Crippen LogP contribution is 2.35. The number of carbonyl (C=O) groups is 2. The van der Waals surface area contributed by atoms with Crippen molar-refractivity contribution < 1.29 is 34.0 Å². The van der Waals surface area contributed by atoms with Crippen LogP contribution in [0.1, 0.15) is 116 Å². The molecule has 2 rings (SSSR count). The summed E-state index contributed by atoms with van der Waals surface area (Å²) in [5, 5.41) is 17.5. The van der Waals surface area contributed by atoms with Gasteiger partial charge in [0.1, 0.15) is 0 Å². The van der Waals surface area contributed by atoms with Crippen molar-refractivity contribution in [1.29, 1.82) is 0 Å². The first kappa shape index (κ1) is 31.0. The van der Waals surface area contributed by atoms with E-state index in [0.717, 1.165) is 110 Å². The molecule has 0 spiro atoms. The molecule has 2 N–H and O–H groups in total. The molecule has 0 radical (unpaired) electrons. The lowest BCUT2D eigenvalue weighted by molar-refractivity contribution is -0.181. The Hall–Kier alpha value is -1.22. The van der Waals surface area contributed by atoms with E-state index in [2.05, 4.69) is 4.90 Å². The Kier molecular flexibility index (Phi) is 16.3. The number of aliphatic carboxylic acids is 2. The standard InChI is InChI=1S/C28H51NO7/c30-26(31)15-11-7-3-1-5-9-13-17-28(18-14-10-6-2-4-8-12-16-27(32)33)35-24-25(36-28)23-29-19-21-34-22-20-29/h25H,1-24H2,(H,30,31)(H,32,33). The number of rotatable bonds is 22. The van der Waals surface area contributed by atoms with E-state index in [4.69, 9.17) is 24.4 Å². The van der Waals surface area contributed by atoms with Crippen molar-refractivity contribution in [1.82, 2.24) is 4.90 Å². The Labute approximate surface area is 218 Å². The van der Waals surface area contributed by atoms with Crippen molar-refractivity contribution in [2.45, 2.75) is 127 Å². The fourth-order valence-corrected chi connectivity index (χ4v) is 5.27. The molecule has 0 aliphatic carbocycles. The van der Waals surface area contributed by atoms with Gasteiger partial charge in [0.05, 0.1) is 25.9 Å². The molecular weight excluding hydrogens is 462 g/mol. The number of unbranched alkanes of at least 4 members (excludes halogenated alkanes) is 12.